The zero-order valence-corrected chi connectivity index (χ0v) is 17.2. The standard InChI is InChI=1S/C23H33N3O2/c1-3-4-8-22-20(19-7-5-6-9-21(19)28-22)16-25(2)23(27)24-17-12-14-26(15-13-17)18-10-11-18/h5-7,9,17-18H,3-4,8,10-16H2,1-2H3,(H,24,27). The molecule has 5 heteroatoms. The average Bonchev–Trinajstić information content (AvgIpc) is 3.50. The van der Waals surface area contributed by atoms with Crippen molar-refractivity contribution in [1.82, 2.24) is 15.1 Å². The summed E-state index contributed by atoms with van der Waals surface area (Å²) in [5.74, 6) is 1.03. The van der Waals surface area contributed by atoms with Gasteiger partial charge in [-0.1, -0.05) is 31.5 Å². The fourth-order valence-electron chi connectivity index (χ4n) is 4.30. The number of likely N-dealkylation sites (tertiary alicyclic amines) is 1. The number of fused-ring (bicyclic) bond motifs is 1. The minimum absolute atomic E-state index is 0.0246. The van der Waals surface area contributed by atoms with E-state index in [1.165, 1.54) is 12.8 Å². The van der Waals surface area contributed by atoms with Gasteiger partial charge in [0.2, 0.25) is 0 Å². The highest BCUT2D eigenvalue weighted by Crippen LogP contribution is 2.30. The number of piperidine rings is 1. The quantitative estimate of drug-likeness (QED) is 0.763. The number of carbonyl (C=O) groups excluding carboxylic acids is 1. The molecule has 0 radical (unpaired) electrons. The summed E-state index contributed by atoms with van der Waals surface area (Å²) in [6.07, 6.45) is 8.00. The Kier molecular flexibility index (Phi) is 5.90. The molecule has 152 valence electrons. The van der Waals surface area contributed by atoms with Crippen molar-refractivity contribution in [2.45, 2.75) is 70.5 Å². The number of furan rings is 1. The topological polar surface area (TPSA) is 48.7 Å². The van der Waals surface area contributed by atoms with Crippen LogP contribution in [0.5, 0.6) is 0 Å². The summed E-state index contributed by atoms with van der Waals surface area (Å²) in [6, 6.07) is 9.31. The van der Waals surface area contributed by atoms with Crippen LogP contribution in [0.1, 0.15) is 56.8 Å². The number of para-hydroxylation sites is 1. The van der Waals surface area contributed by atoms with Crippen LogP contribution in [0.4, 0.5) is 4.79 Å². The van der Waals surface area contributed by atoms with Crippen molar-refractivity contribution in [2.75, 3.05) is 20.1 Å². The van der Waals surface area contributed by atoms with E-state index in [4.69, 9.17) is 4.42 Å². The molecule has 2 fully saturated rings. The van der Waals surface area contributed by atoms with E-state index in [1.807, 2.05) is 25.2 Å². The van der Waals surface area contributed by atoms with Crippen LogP contribution in [0.2, 0.25) is 0 Å². The van der Waals surface area contributed by atoms with Crippen molar-refractivity contribution < 1.29 is 9.21 Å². The highest BCUT2D eigenvalue weighted by Gasteiger charge is 2.32. The molecule has 0 atom stereocenters. The normalized spacial score (nSPS) is 18.5. The Balaban J connectivity index is 1.38. The third-order valence-electron chi connectivity index (χ3n) is 6.20. The summed E-state index contributed by atoms with van der Waals surface area (Å²) in [5.41, 5.74) is 2.08. The third kappa shape index (κ3) is 4.35. The monoisotopic (exact) mass is 383 g/mol. The van der Waals surface area contributed by atoms with Crippen LogP contribution in [0.15, 0.2) is 28.7 Å². The molecule has 4 rings (SSSR count). The largest absolute Gasteiger partial charge is 0.461 e. The van der Waals surface area contributed by atoms with Crippen molar-refractivity contribution >= 4 is 17.0 Å². The maximum atomic E-state index is 12.8. The van der Waals surface area contributed by atoms with Crippen LogP contribution >= 0.6 is 0 Å². The van der Waals surface area contributed by atoms with Gasteiger partial charge in [-0.3, -0.25) is 0 Å². The molecule has 2 heterocycles. The first kappa shape index (κ1) is 19.3. The number of aryl methyl sites for hydroxylation is 1. The molecule has 2 aromatic rings. The van der Waals surface area contributed by atoms with Gasteiger partial charge >= 0.3 is 6.03 Å². The van der Waals surface area contributed by atoms with Gasteiger partial charge in [0.25, 0.3) is 0 Å². The minimum atomic E-state index is 0.0246. The highest BCUT2D eigenvalue weighted by molar-refractivity contribution is 5.83. The molecule has 1 aromatic heterocycles. The number of nitrogens with one attached hydrogen (secondary N) is 1. The first-order chi connectivity index (χ1) is 13.7. The third-order valence-corrected chi connectivity index (χ3v) is 6.20. The van der Waals surface area contributed by atoms with E-state index in [9.17, 15) is 4.79 Å². The van der Waals surface area contributed by atoms with Crippen molar-refractivity contribution in [3.05, 3.63) is 35.6 Å². The highest BCUT2D eigenvalue weighted by atomic mass is 16.3. The first-order valence-electron chi connectivity index (χ1n) is 10.9. The van der Waals surface area contributed by atoms with Gasteiger partial charge in [0.1, 0.15) is 11.3 Å². The molecule has 0 spiro atoms. The smallest absolute Gasteiger partial charge is 0.317 e. The van der Waals surface area contributed by atoms with Gasteiger partial charge < -0.3 is 19.5 Å². The number of urea groups is 1. The van der Waals surface area contributed by atoms with E-state index >= 15 is 0 Å². The van der Waals surface area contributed by atoms with Gasteiger partial charge in [-0.2, -0.15) is 0 Å². The zero-order valence-electron chi connectivity index (χ0n) is 17.2. The van der Waals surface area contributed by atoms with E-state index in [1.54, 1.807) is 4.90 Å². The Bertz CT molecular complexity index is 803. The Hall–Kier alpha value is -2.01. The lowest BCUT2D eigenvalue weighted by atomic mass is 10.0. The van der Waals surface area contributed by atoms with Gasteiger partial charge in [-0.05, 0) is 38.2 Å². The van der Waals surface area contributed by atoms with Crippen molar-refractivity contribution in [3.8, 4) is 0 Å². The molecule has 1 saturated carbocycles. The van der Waals surface area contributed by atoms with Crippen molar-refractivity contribution in [3.63, 3.8) is 0 Å². The van der Waals surface area contributed by atoms with Crippen LogP contribution in [0, 0.1) is 0 Å². The maximum Gasteiger partial charge on any atom is 0.317 e. The lowest BCUT2D eigenvalue weighted by molar-refractivity contribution is 0.172. The predicted molar refractivity (Wildman–Crippen MR) is 112 cm³/mol. The number of rotatable bonds is 7. The summed E-state index contributed by atoms with van der Waals surface area (Å²) >= 11 is 0. The Morgan fingerprint density at radius 3 is 2.68 bits per heavy atom. The van der Waals surface area contributed by atoms with Gasteiger partial charge in [0, 0.05) is 49.6 Å². The summed E-state index contributed by atoms with van der Waals surface area (Å²) < 4.78 is 6.11. The van der Waals surface area contributed by atoms with E-state index < -0.39 is 0 Å². The average molecular weight is 384 g/mol. The van der Waals surface area contributed by atoms with Crippen LogP contribution < -0.4 is 5.32 Å². The van der Waals surface area contributed by atoms with Crippen LogP contribution in [-0.2, 0) is 13.0 Å². The minimum Gasteiger partial charge on any atom is -0.461 e. The molecule has 1 aromatic carbocycles. The zero-order chi connectivity index (χ0) is 19.5. The second kappa shape index (κ2) is 8.56. The molecule has 5 nitrogen and oxygen atoms in total. The Morgan fingerprint density at radius 1 is 1.21 bits per heavy atom. The summed E-state index contributed by atoms with van der Waals surface area (Å²) in [5, 5.41) is 4.38. The van der Waals surface area contributed by atoms with E-state index in [-0.39, 0.29) is 6.03 Å². The SMILES string of the molecule is CCCCc1oc2ccccc2c1CN(C)C(=O)NC1CCN(C2CC2)CC1. The molecule has 28 heavy (non-hydrogen) atoms. The van der Waals surface area contributed by atoms with Gasteiger partial charge in [-0.25, -0.2) is 4.79 Å². The molecular weight excluding hydrogens is 350 g/mol. The second-order valence-electron chi connectivity index (χ2n) is 8.45. The lowest BCUT2D eigenvalue weighted by Crippen LogP contribution is -2.48. The predicted octanol–water partition coefficient (Wildman–Crippen LogP) is 4.54. The first-order valence-corrected chi connectivity index (χ1v) is 10.9. The molecule has 1 aliphatic carbocycles. The Labute approximate surface area is 168 Å². The van der Waals surface area contributed by atoms with Crippen LogP contribution in [0.25, 0.3) is 11.0 Å². The molecular formula is C23H33N3O2. The van der Waals surface area contributed by atoms with Crippen LogP contribution in [0.3, 0.4) is 0 Å². The number of hydrogen-bond donors (Lipinski definition) is 1. The van der Waals surface area contributed by atoms with Crippen molar-refractivity contribution in [1.29, 1.82) is 0 Å². The number of nitrogens with zero attached hydrogens (tertiary/aromatic N) is 2. The fraction of sp³-hybridized carbons (Fsp3) is 0.609. The summed E-state index contributed by atoms with van der Waals surface area (Å²) in [7, 11) is 1.89. The number of benzene rings is 1. The molecule has 0 bridgehead atoms. The second-order valence-corrected chi connectivity index (χ2v) is 8.45. The van der Waals surface area contributed by atoms with Gasteiger partial charge in [0.15, 0.2) is 0 Å². The van der Waals surface area contributed by atoms with E-state index in [0.717, 1.165) is 73.5 Å². The van der Waals surface area contributed by atoms with Gasteiger partial charge in [0.05, 0.1) is 6.54 Å². The van der Waals surface area contributed by atoms with E-state index in [2.05, 4.69) is 23.2 Å². The van der Waals surface area contributed by atoms with Crippen LogP contribution in [-0.4, -0.2) is 48.1 Å². The molecule has 2 amide bonds. The Morgan fingerprint density at radius 2 is 1.96 bits per heavy atom. The fourth-order valence-corrected chi connectivity index (χ4v) is 4.30. The van der Waals surface area contributed by atoms with Gasteiger partial charge in [-0.15, -0.1) is 0 Å². The number of hydrogen-bond acceptors (Lipinski definition) is 3. The van der Waals surface area contributed by atoms with Crippen molar-refractivity contribution in [2.24, 2.45) is 0 Å². The summed E-state index contributed by atoms with van der Waals surface area (Å²) in [6.45, 7) is 5.01. The number of unbranched alkanes of at least 4 members (excludes halogenated alkanes) is 1. The molecule has 1 saturated heterocycles. The molecule has 0 unspecified atom stereocenters. The van der Waals surface area contributed by atoms with E-state index in [0.29, 0.717) is 12.6 Å². The molecule has 2 aliphatic rings. The number of carbonyl (C=O) groups is 1. The maximum absolute atomic E-state index is 12.8. The lowest BCUT2D eigenvalue weighted by Gasteiger charge is -2.33. The number of amides is 2. The molecule has 1 N–H and O–H groups in total. The molecule has 1 aliphatic heterocycles. The summed E-state index contributed by atoms with van der Waals surface area (Å²) in [4.78, 5) is 17.2.